The standard InChI is InChI=1S/C22H21FN2OS/c1-14(2)20-19(22(27)26-3)21(16-9-11-17(23)12-10-16)25-18(24-20)13-15-7-5-4-6-8-15/h4-12,14H,13H2,1-3H3. The highest BCUT2D eigenvalue weighted by molar-refractivity contribution is 7.80. The van der Waals surface area contributed by atoms with Crippen molar-refractivity contribution in [3.63, 3.8) is 0 Å². The SMILES string of the molecule is COC(=S)c1c(-c2ccc(F)cc2)nc(Cc2ccccc2)nc1C(C)C. The summed E-state index contributed by atoms with van der Waals surface area (Å²) in [6, 6.07) is 16.3. The normalized spacial score (nSPS) is 10.9. The lowest BCUT2D eigenvalue weighted by atomic mass is 9.98. The van der Waals surface area contributed by atoms with Gasteiger partial charge in [-0.05, 0) is 48.0 Å². The largest absolute Gasteiger partial charge is 0.486 e. The molecular formula is C22H21FN2OS. The fourth-order valence-electron chi connectivity index (χ4n) is 2.92. The number of hydrogen-bond donors (Lipinski definition) is 0. The van der Waals surface area contributed by atoms with Gasteiger partial charge in [-0.25, -0.2) is 14.4 Å². The van der Waals surface area contributed by atoms with Gasteiger partial charge in [0.05, 0.1) is 24.1 Å². The molecule has 0 spiro atoms. The number of rotatable bonds is 5. The lowest BCUT2D eigenvalue weighted by molar-refractivity contribution is 0.415. The zero-order valence-electron chi connectivity index (χ0n) is 15.6. The van der Waals surface area contributed by atoms with Crippen LogP contribution in [0.4, 0.5) is 4.39 Å². The third kappa shape index (κ3) is 4.37. The van der Waals surface area contributed by atoms with E-state index in [1.54, 1.807) is 19.2 Å². The number of ether oxygens (including phenoxy) is 1. The number of benzene rings is 2. The number of nitrogens with zero attached hydrogens (tertiary/aromatic N) is 2. The van der Waals surface area contributed by atoms with Gasteiger partial charge in [-0.15, -0.1) is 0 Å². The summed E-state index contributed by atoms with van der Waals surface area (Å²) in [5.74, 6) is 0.536. The first-order chi connectivity index (χ1) is 13.0. The second-order valence-electron chi connectivity index (χ2n) is 6.56. The molecule has 0 saturated carbocycles. The van der Waals surface area contributed by atoms with Crippen LogP contribution in [-0.4, -0.2) is 22.1 Å². The molecule has 0 radical (unpaired) electrons. The predicted octanol–water partition coefficient (Wildman–Crippen LogP) is 5.32. The summed E-state index contributed by atoms with van der Waals surface area (Å²) >= 11 is 5.44. The Hall–Kier alpha value is -2.66. The molecule has 2 aromatic carbocycles. The van der Waals surface area contributed by atoms with Gasteiger partial charge in [0.15, 0.2) is 5.05 Å². The molecule has 0 unspecified atom stereocenters. The van der Waals surface area contributed by atoms with E-state index < -0.39 is 0 Å². The van der Waals surface area contributed by atoms with Gasteiger partial charge < -0.3 is 4.74 Å². The Labute approximate surface area is 164 Å². The van der Waals surface area contributed by atoms with Crippen molar-refractivity contribution in [3.05, 3.63) is 83.1 Å². The smallest absolute Gasteiger partial charge is 0.194 e. The van der Waals surface area contributed by atoms with Crippen LogP contribution in [0.5, 0.6) is 0 Å². The molecule has 27 heavy (non-hydrogen) atoms. The van der Waals surface area contributed by atoms with Crippen LogP contribution in [0.25, 0.3) is 11.3 Å². The molecule has 0 aliphatic rings. The maximum Gasteiger partial charge on any atom is 0.194 e. The molecule has 0 aliphatic carbocycles. The molecule has 0 fully saturated rings. The van der Waals surface area contributed by atoms with Crippen molar-refractivity contribution in [3.8, 4) is 11.3 Å². The summed E-state index contributed by atoms with van der Waals surface area (Å²) < 4.78 is 18.8. The summed E-state index contributed by atoms with van der Waals surface area (Å²) in [5.41, 5.74) is 4.11. The van der Waals surface area contributed by atoms with Crippen LogP contribution < -0.4 is 0 Å². The van der Waals surface area contributed by atoms with E-state index in [0.29, 0.717) is 28.6 Å². The van der Waals surface area contributed by atoms with E-state index in [0.717, 1.165) is 16.8 Å². The number of halogens is 1. The average molecular weight is 380 g/mol. The first kappa shape index (κ1) is 19.1. The zero-order valence-corrected chi connectivity index (χ0v) is 16.4. The van der Waals surface area contributed by atoms with Gasteiger partial charge in [0.2, 0.25) is 0 Å². The highest BCUT2D eigenvalue weighted by Crippen LogP contribution is 2.29. The zero-order chi connectivity index (χ0) is 19.4. The molecule has 3 nitrogen and oxygen atoms in total. The Bertz CT molecular complexity index is 941. The number of aromatic nitrogens is 2. The van der Waals surface area contributed by atoms with Gasteiger partial charge >= 0.3 is 0 Å². The summed E-state index contributed by atoms with van der Waals surface area (Å²) in [6.07, 6.45) is 0.606. The Morgan fingerprint density at radius 1 is 1.04 bits per heavy atom. The predicted molar refractivity (Wildman–Crippen MR) is 109 cm³/mol. The van der Waals surface area contributed by atoms with Gasteiger partial charge in [-0.2, -0.15) is 0 Å². The minimum absolute atomic E-state index is 0.129. The van der Waals surface area contributed by atoms with Gasteiger partial charge in [-0.3, -0.25) is 0 Å². The van der Waals surface area contributed by atoms with Crippen LogP contribution >= 0.6 is 12.2 Å². The van der Waals surface area contributed by atoms with Crippen molar-refractivity contribution in [1.29, 1.82) is 0 Å². The molecular weight excluding hydrogens is 359 g/mol. The van der Waals surface area contributed by atoms with E-state index >= 15 is 0 Å². The monoisotopic (exact) mass is 380 g/mol. The van der Waals surface area contributed by atoms with Gasteiger partial charge in [-0.1, -0.05) is 44.2 Å². The van der Waals surface area contributed by atoms with Gasteiger partial charge in [0, 0.05) is 12.0 Å². The highest BCUT2D eigenvalue weighted by Gasteiger charge is 2.22. The summed E-state index contributed by atoms with van der Waals surface area (Å²) in [7, 11) is 1.54. The first-order valence-electron chi connectivity index (χ1n) is 8.78. The third-order valence-corrected chi connectivity index (χ3v) is 4.61. The van der Waals surface area contributed by atoms with E-state index in [2.05, 4.69) is 13.8 Å². The molecule has 3 aromatic rings. The molecule has 1 heterocycles. The summed E-state index contributed by atoms with van der Waals surface area (Å²) in [5, 5.41) is 0.337. The highest BCUT2D eigenvalue weighted by atomic mass is 32.1. The Morgan fingerprint density at radius 3 is 2.30 bits per heavy atom. The van der Waals surface area contributed by atoms with Gasteiger partial charge in [0.25, 0.3) is 0 Å². The molecule has 138 valence electrons. The summed E-state index contributed by atoms with van der Waals surface area (Å²) in [4.78, 5) is 9.57. The van der Waals surface area contributed by atoms with E-state index in [9.17, 15) is 4.39 Å². The Balaban J connectivity index is 2.20. The molecule has 0 aliphatic heterocycles. The Kier molecular flexibility index (Phi) is 5.91. The maximum atomic E-state index is 13.4. The van der Waals surface area contributed by atoms with Crippen LogP contribution in [0.1, 0.15) is 42.4 Å². The Morgan fingerprint density at radius 2 is 1.70 bits per heavy atom. The van der Waals surface area contributed by atoms with Gasteiger partial charge in [0.1, 0.15) is 11.6 Å². The third-order valence-electron chi connectivity index (χ3n) is 4.24. The van der Waals surface area contributed by atoms with Crippen LogP contribution in [-0.2, 0) is 11.2 Å². The first-order valence-corrected chi connectivity index (χ1v) is 9.19. The minimum Gasteiger partial charge on any atom is -0.486 e. The molecule has 0 saturated heterocycles. The van der Waals surface area contributed by atoms with E-state index in [1.807, 2.05) is 30.3 Å². The summed E-state index contributed by atoms with van der Waals surface area (Å²) in [6.45, 7) is 4.12. The number of hydrogen-bond acceptors (Lipinski definition) is 4. The fraction of sp³-hybridized carbons (Fsp3) is 0.227. The van der Waals surface area contributed by atoms with Crippen molar-refractivity contribution in [2.75, 3.05) is 7.11 Å². The average Bonchev–Trinajstić information content (AvgIpc) is 2.68. The van der Waals surface area contributed by atoms with Crippen LogP contribution in [0.15, 0.2) is 54.6 Å². The molecule has 1 aromatic heterocycles. The lowest BCUT2D eigenvalue weighted by Crippen LogP contribution is -2.14. The molecule has 0 bridgehead atoms. The quantitative estimate of drug-likeness (QED) is 0.561. The van der Waals surface area contributed by atoms with Crippen molar-refractivity contribution >= 4 is 17.3 Å². The molecule has 0 N–H and O–H groups in total. The minimum atomic E-state index is -0.294. The van der Waals surface area contributed by atoms with Crippen molar-refractivity contribution in [2.45, 2.75) is 26.2 Å². The van der Waals surface area contributed by atoms with E-state index in [4.69, 9.17) is 26.9 Å². The van der Waals surface area contributed by atoms with Crippen molar-refractivity contribution in [2.24, 2.45) is 0 Å². The maximum absolute atomic E-state index is 13.4. The van der Waals surface area contributed by atoms with Crippen molar-refractivity contribution < 1.29 is 9.13 Å². The van der Waals surface area contributed by atoms with Crippen LogP contribution in [0, 0.1) is 5.82 Å². The van der Waals surface area contributed by atoms with E-state index in [1.165, 1.54) is 12.1 Å². The second-order valence-corrected chi connectivity index (χ2v) is 6.94. The fourth-order valence-corrected chi connectivity index (χ4v) is 3.12. The lowest BCUT2D eigenvalue weighted by Gasteiger charge is -2.18. The number of thiocarbonyl (C=S) groups is 1. The molecule has 5 heteroatoms. The molecule has 0 atom stereocenters. The number of methoxy groups -OCH3 is 1. The molecule has 0 amide bonds. The van der Waals surface area contributed by atoms with Crippen molar-refractivity contribution in [1.82, 2.24) is 9.97 Å². The van der Waals surface area contributed by atoms with Crippen LogP contribution in [0.3, 0.4) is 0 Å². The topological polar surface area (TPSA) is 35.0 Å². The van der Waals surface area contributed by atoms with E-state index in [-0.39, 0.29) is 11.7 Å². The second kappa shape index (κ2) is 8.35. The van der Waals surface area contributed by atoms with Crippen LogP contribution in [0.2, 0.25) is 0 Å². The molecule has 3 rings (SSSR count).